The summed E-state index contributed by atoms with van der Waals surface area (Å²) in [7, 11) is 1.61. The number of hydrogen-bond acceptors (Lipinski definition) is 4. The van der Waals surface area contributed by atoms with Gasteiger partial charge in [0.1, 0.15) is 5.75 Å². The van der Waals surface area contributed by atoms with Crippen molar-refractivity contribution in [2.75, 3.05) is 20.3 Å². The van der Waals surface area contributed by atoms with Crippen LogP contribution in [0.25, 0.3) is 0 Å². The molecule has 0 heterocycles. The monoisotopic (exact) mass is 267 g/mol. The number of methoxy groups -OCH3 is 1. The van der Waals surface area contributed by atoms with Gasteiger partial charge in [0.05, 0.1) is 13.2 Å². The van der Waals surface area contributed by atoms with E-state index in [2.05, 4.69) is 19.2 Å². The number of hydrogen-bond donors (Lipinski definition) is 3. The van der Waals surface area contributed by atoms with Gasteiger partial charge in [0.2, 0.25) is 0 Å². The average Bonchev–Trinajstić information content (AvgIpc) is 2.42. The van der Waals surface area contributed by atoms with Crippen molar-refractivity contribution in [3.05, 3.63) is 29.8 Å². The first kappa shape index (κ1) is 16.0. The highest BCUT2D eigenvalue weighted by molar-refractivity contribution is 5.29. The molecule has 3 N–H and O–H groups in total. The Morgan fingerprint density at radius 1 is 1.32 bits per heavy atom. The molecule has 0 radical (unpaired) electrons. The van der Waals surface area contributed by atoms with Crippen LogP contribution in [-0.2, 0) is 0 Å². The highest BCUT2D eigenvalue weighted by Gasteiger charge is 2.15. The van der Waals surface area contributed by atoms with E-state index in [0.29, 0.717) is 18.9 Å². The fraction of sp³-hybridized carbons (Fsp3) is 0.600. The molecule has 0 amide bonds. The molecule has 1 rings (SSSR count). The van der Waals surface area contributed by atoms with E-state index in [0.717, 1.165) is 11.3 Å². The molecule has 0 saturated carbocycles. The van der Waals surface area contributed by atoms with E-state index in [4.69, 9.17) is 9.84 Å². The van der Waals surface area contributed by atoms with Crippen LogP contribution < -0.4 is 10.1 Å². The molecule has 0 aromatic heterocycles. The molecule has 2 unspecified atom stereocenters. The molecule has 1 aromatic rings. The van der Waals surface area contributed by atoms with Crippen LogP contribution in [0.3, 0.4) is 0 Å². The first-order chi connectivity index (χ1) is 9.08. The summed E-state index contributed by atoms with van der Waals surface area (Å²) >= 11 is 0. The van der Waals surface area contributed by atoms with Crippen LogP contribution in [0.5, 0.6) is 5.75 Å². The summed E-state index contributed by atoms with van der Waals surface area (Å²) in [6.07, 6.45) is 0.123. The highest BCUT2D eigenvalue weighted by atomic mass is 16.5. The van der Waals surface area contributed by atoms with E-state index in [9.17, 15) is 5.11 Å². The summed E-state index contributed by atoms with van der Waals surface area (Å²) in [6, 6.07) is 7.65. The van der Waals surface area contributed by atoms with Crippen LogP contribution in [0.15, 0.2) is 24.3 Å². The summed E-state index contributed by atoms with van der Waals surface area (Å²) < 4.78 is 5.14. The molecule has 0 saturated heterocycles. The molecular formula is C15H25NO3. The van der Waals surface area contributed by atoms with Gasteiger partial charge in [-0.05, 0) is 30.0 Å². The maximum Gasteiger partial charge on any atom is 0.119 e. The quantitative estimate of drug-likeness (QED) is 0.671. The van der Waals surface area contributed by atoms with Gasteiger partial charge in [-0.2, -0.15) is 0 Å². The Hall–Kier alpha value is -1.10. The number of nitrogens with one attached hydrogen (secondary N) is 1. The zero-order chi connectivity index (χ0) is 14.3. The van der Waals surface area contributed by atoms with Crippen molar-refractivity contribution in [1.29, 1.82) is 0 Å². The predicted octanol–water partition coefficient (Wildman–Crippen LogP) is 1.73. The summed E-state index contributed by atoms with van der Waals surface area (Å²) in [5.41, 5.74) is 0.832. The van der Waals surface area contributed by atoms with Gasteiger partial charge in [-0.25, -0.2) is 0 Å². The van der Waals surface area contributed by atoms with E-state index in [1.54, 1.807) is 7.11 Å². The van der Waals surface area contributed by atoms with Crippen molar-refractivity contribution in [2.45, 2.75) is 32.4 Å². The van der Waals surface area contributed by atoms with Crippen LogP contribution in [0.2, 0.25) is 0 Å². The number of benzene rings is 1. The third kappa shape index (κ3) is 5.19. The minimum absolute atomic E-state index is 0.158. The smallest absolute Gasteiger partial charge is 0.119 e. The van der Waals surface area contributed by atoms with Crippen LogP contribution in [0.1, 0.15) is 31.9 Å². The molecule has 0 aliphatic rings. The van der Waals surface area contributed by atoms with Crippen molar-refractivity contribution in [3.63, 3.8) is 0 Å². The largest absolute Gasteiger partial charge is 0.497 e. The van der Waals surface area contributed by atoms with E-state index < -0.39 is 6.10 Å². The number of rotatable bonds is 8. The minimum atomic E-state index is -0.574. The van der Waals surface area contributed by atoms with Crippen LogP contribution in [0.4, 0.5) is 0 Å². The Morgan fingerprint density at radius 2 is 2.05 bits per heavy atom. The first-order valence-corrected chi connectivity index (χ1v) is 6.74. The lowest BCUT2D eigenvalue weighted by Gasteiger charge is -2.23. The zero-order valence-electron chi connectivity index (χ0n) is 12.0. The Kier molecular flexibility index (Phi) is 6.84. The Labute approximate surface area is 115 Å². The van der Waals surface area contributed by atoms with E-state index in [-0.39, 0.29) is 12.6 Å². The molecule has 0 bridgehead atoms. The van der Waals surface area contributed by atoms with Gasteiger partial charge >= 0.3 is 0 Å². The molecule has 0 aliphatic carbocycles. The normalized spacial score (nSPS) is 14.4. The predicted molar refractivity (Wildman–Crippen MR) is 76.3 cm³/mol. The molecule has 0 spiro atoms. The highest BCUT2D eigenvalue weighted by Crippen LogP contribution is 2.19. The maximum atomic E-state index is 10.2. The van der Waals surface area contributed by atoms with E-state index in [1.807, 2.05) is 24.3 Å². The molecule has 0 fully saturated rings. The second-order valence-corrected chi connectivity index (χ2v) is 5.06. The number of aliphatic hydroxyl groups is 2. The van der Waals surface area contributed by atoms with Crippen LogP contribution >= 0.6 is 0 Å². The van der Waals surface area contributed by atoms with E-state index >= 15 is 0 Å². The molecular weight excluding hydrogens is 242 g/mol. The van der Waals surface area contributed by atoms with Gasteiger partial charge in [0, 0.05) is 19.2 Å². The SMILES string of the molecule is COc1cccc(C(O)CNC(CCO)C(C)C)c1. The molecule has 0 aliphatic heterocycles. The summed E-state index contributed by atoms with van der Waals surface area (Å²) in [6.45, 7) is 4.83. The van der Waals surface area contributed by atoms with Gasteiger partial charge in [-0.3, -0.25) is 0 Å². The van der Waals surface area contributed by atoms with Gasteiger partial charge in [0.25, 0.3) is 0 Å². The first-order valence-electron chi connectivity index (χ1n) is 6.74. The van der Waals surface area contributed by atoms with Crippen molar-refractivity contribution in [3.8, 4) is 5.75 Å². The third-order valence-electron chi connectivity index (χ3n) is 3.30. The lowest BCUT2D eigenvalue weighted by Crippen LogP contribution is -2.37. The summed E-state index contributed by atoms with van der Waals surface area (Å²) in [4.78, 5) is 0. The minimum Gasteiger partial charge on any atom is -0.497 e. The van der Waals surface area contributed by atoms with Gasteiger partial charge in [-0.15, -0.1) is 0 Å². The molecule has 108 valence electrons. The van der Waals surface area contributed by atoms with E-state index in [1.165, 1.54) is 0 Å². The molecule has 1 aromatic carbocycles. The molecule has 2 atom stereocenters. The summed E-state index contributed by atoms with van der Waals surface area (Å²) in [5.74, 6) is 1.16. The Morgan fingerprint density at radius 3 is 2.63 bits per heavy atom. The fourth-order valence-corrected chi connectivity index (χ4v) is 2.04. The Balaban J connectivity index is 2.55. The standard InChI is InChI=1S/C15H25NO3/c1-11(2)14(7-8-17)16-10-15(18)12-5-4-6-13(9-12)19-3/h4-6,9,11,14-18H,7-8,10H2,1-3H3. The van der Waals surface area contributed by atoms with Gasteiger partial charge in [-0.1, -0.05) is 26.0 Å². The fourth-order valence-electron chi connectivity index (χ4n) is 2.04. The number of aliphatic hydroxyl groups excluding tert-OH is 2. The van der Waals surface area contributed by atoms with Crippen molar-refractivity contribution >= 4 is 0 Å². The maximum absolute atomic E-state index is 10.2. The van der Waals surface area contributed by atoms with Crippen LogP contribution in [0, 0.1) is 5.92 Å². The molecule has 19 heavy (non-hydrogen) atoms. The molecule has 4 heteroatoms. The average molecular weight is 267 g/mol. The van der Waals surface area contributed by atoms with Crippen molar-refractivity contribution in [2.24, 2.45) is 5.92 Å². The zero-order valence-corrected chi connectivity index (χ0v) is 12.0. The van der Waals surface area contributed by atoms with Crippen LogP contribution in [-0.4, -0.2) is 36.5 Å². The van der Waals surface area contributed by atoms with Crippen molar-refractivity contribution in [1.82, 2.24) is 5.32 Å². The molecule has 4 nitrogen and oxygen atoms in total. The number of ether oxygens (including phenoxy) is 1. The Bertz CT molecular complexity index is 368. The van der Waals surface area contributed by atoms with Gasteiger partial charge in [0.15, 0.2) is 0 Å². The second kappa shape index (κ2) is 8.15. The topological polar surface area (TPSA) is 61.7 Å². The third-order valence-corrected chi connectivity index (χ3v) is 3.30. The lowest BCUT2D eigenvalue weighted by molar-refractivity contribution is 0.158. The van der Waals surface area contributed by atoms with Crippen molar-refractivity contribution < 1.29 is 14.9 Å². The second-order valence-electron chi connectivity index (χ2n) is 5.06. The lowest BCUT2D eigenvalue weighted by atomic mass is 10.0. The summed E-state index contributed by atoms with van der Waals surface area (Å²) in [5, 5.41) is 22.5. The van der Waals surface area contributed by atoms with Gasteiger partial charge < -0.3 is 20.3 Å².